The number of amides is 1. The Labute approximate surface area is 119 Å². The summed E-state index contributed by atoms with van der Waals surface area (Å²) in [6.45, 7) is 4.06. The number of methoxy groups -OCH3 is 1. The molecule has 108 valence electrons. The lowest BCUT2D eigenvalue weighted by atomic mass is 10.0. The van der Waals surface area contributed by atoms with Gasteiger partial charge in [0.05, 0.1) is 19.6 Å². The Balaban J connectivity index is 2.09. The van der Waals surface area contributed by atoms with Crippen molar-refractivity contribution in [3.63, 3.8) is 0 Å². The normalized spacial score (nSPS) is 21.9. The first-order chi connectivity index (χ1) is 9.51. The van der Waals surface area contributed by atoms with Gasteiger partial charge < -0.3 is 10.1 Å². The first kappa shape index (κ1) is 14.6. The quantitative estimate of drug-likeness (QED) is 0.839. The highest BCUT2D eigenvalue weighted by atomic mass is 16.5. The van der Waals surface area contributed by atoms with Crippen LogP contribution in [-0.4, -0.2) is 19.0 Å². The zero-order valence-corrected chi connectivity index (χ0v) is 12.2. The van der Waals surface area contributed by atoms with Crippen molar-refractivity contribution in [2.45, 2.75) is 32.7 Å². The van der Waals surface area contributed by atoms with Gasteiger partial charge in [-0.15, -0.1) is 0 Å². The van der Waals surface area contributed by atoms with E-state index < -0.39 is 0 Å². The molecule has 0 aliphatic heterocycles. The molecule has 1 aliphatic rings. The van der Waals surface area contributed by atoms with E-state index in [9.17, 15) is 9.59 Å². The summed E-state index contributed by atoms with van der Waals surface area (Å²) in [4.78, 5) is 23.6. The minimum atomic E-state index is -0.320. The van der Waals surface area contributed by atoms with Crippen LogP contribution in [0.5, 0.6) is 0 Å². The van der Waals surface area contributed by atoms with E-state index in [1.807, 2.05) is 31.2 Å². The van der Waals surface area contributed by atoms with E-state index in [4.69, 9.17) is 4.74 Å². The fourth-order valence-electron chi connectivity index (χ4n) is 2.27. The van der Waals surface area contributed by atoms with Crippen LogP contribution in [0, 0.1) is 18.8 Å². The highest BCUT2D eigenvalue weighted by Crippen LogP contribution is 2.38. The third-order valence-corrected chi connectivity index (χ3v) is 3.84. The molecule has 20 heavy (non-hydrogen) atoms. The SMILES string of the molecule is COC(=O)C[C@H](NC(=O)[C@H]1C[C@H]1C)c1ccc(C)cc1. The highest BCUT2D eigenvalue weighted by molar-refractivity contribution is 5.82. The molecule has 0 saturated heterocycles. The number of hydrogen-bond acceptors (Lipinski definition) is 3. The molecule has 0 bridgehead atoms. The number of hydrogen-bond donors (Lipinski definition) is 1. The van der Waals surface area contributed by atoms with Crippen molar-refractivity contribution < 1.29 is 14.3 Å². The molecule has 1 aromatic carbocycles. The van der Waals surface area contributed by atoms with Gasteiger partial charge >= 0.3 is 5.97 Å². The summed E-state index contributed by atoms with van der Waals surface area (Å²) in [5, 5.41) is 2.97. The van der Waals surface area contributed by atoms with E-state index in [2.05, 4.69) is 12.2 Å². The van der Waals surface area contributed by atoms with E-state index in [1.165, 1.54) is 7.11 Å². The van der Waals surface area contributed by atoms with Gasteiger partial charge in [-0.2, -0.15) is 0 Å². The third kappa shape index (κ3) is 3.59. The molecule has 1 N–H and O–H groups in total. The Morgan fingerprint density at radius 1 is 1.35 bits per heavy atom. The van der Waals surface area contributed by atoms with Gasteiger partial charge in [0.2, 0.25) is 5.91 Å². The minimum absolute atomic E-state index is 0.0342. The van der Waals surface area contributed by atoms with Crippen molar-refractivity contribution in [2.75, 3.05) is 7.11 Å². The van der Waals surface area contributed by atoms with Crippen molar-refractivity contribution in [1.29, 1.82) is 0 Å². The Morgan fingerprint density at radius 2 is 1.95 bits per heavy atom. The Hall–Kier alpha value is -1.84. The predicted molar refractivity (Wildman–Crippen MR) is 76.0 cm³/mol. The summed E-state index contributed by atoms with van der Waals surface area (Å²) in [5.41, 5.74) is 2.08. The molecule has 4 nitrogen and oxygen atoms in total. The summed E-state index contributed by atoms with van der Waals surface area (Å²) >= 11 is 0. The molecular formula is C16H21NO3. The molecule has 1 aromatic rings. The molecule has 1 aliphatic carbocycles. The second-order valence-corrected chi connectivity index (χ2v) is 5.57. The summed E-state index contributed by atoms with van der Waals surface area (Å²) in [6, 6.07) is 7.53. The fraction of sp³-hybridized carbons (Fsp3) is 0.500. The molecule has 3 atom stereocenters. The molecule has 0 spiro atoms. The lowest BCUT2D eigenvalue weighted by Crippen LogP contribution is -2.31. The highest BCUT2D eigenvalue weighted by Gasteiger charge is 2.40. The Kier molecular flexibility index (Phi) is 4.42. The van der Waals surface area contributed by atoms with E-state index in [0.717, 1.165) is 17.5 Å². The van der Waals surface area contributed by atoms with Crippen molar-refractivity contribution in [3.05, 3.63) is 35.4 Å². The van der Waals surface area contributed by atoms with Gasteiger partial charge in [0.25, 0.3) is 0 Å². The maximum Gasteiger partial charge on any atom is 0.307 e. The van der Waals surface area contributed by atoms with Crippen molar-refractivity contribution in [2.24, 2.45) is 11.8 Å². The number of esters is 1. The minimum Gasteiger partial charge on any atom is -0.469 e. The molecule has 1 amide bonds. The molecule has 1 fully saturated rings. The molecule has 1 saturated carbocycles. The molecule has 0 aromatic heterocycles. The average molecular weight is 275 g/mol. The van der Waals surface area contributed by atoms with Crippen LogP contribution in [0.4, 0.5) is 0 Å². The summed E-state index contributed by atoms with van der Waals surface area (Å²) in [6.07, 6.45) is 1.09. The molecule has 4 heteroatoms. The third-order valence-electron chi connectivity index (χ3n) is 3.84. The topological polar surface area (TPSA) is 55.4 Å². The number of rotatable bonds is 5. The number of ether oxygens (including phenoxy) is 1. The van der Waals surface area contributed by atoms with E-state index in [-0.39, 0.29) is 30.3 Å². The van der Waals surface area contributed by atoms with Crippen LogP contribution < -0.4 is 5.32 Å². The van der Waals surface area contributed by atoms with Crippen molar-refractivity contribution >= 4 is 11.9 Å². The summed E-state index contributed by atoms with van der Waals surface area (Å²) in [5.74, 6) is 0.263. The summed E-state index contributed by atoms with van der Waals surface area (Å²) in [7, 11) is 1.36. The first-order valence-electron chi connectivity index (χ1n) is 6.95. The number of benzene rings is 1. The molecular weight excluding hydrogens is 254 g/mol. The first-order valence-corrected chi connectivity index (χ1v) is 6.95. The van der Waals surface area contributed by atoms with E-state index in [0.29, 0.717) is 5.92 Å². The van der Waals surface area contributed by atoms with Crippen LogP contribution in [0.1, 0.15) is 36.9 Å². The van der Waals surface area contributed by atoms with Crippen molar-refractivity contribution in [1.82, 2.24) is 5.32 Å². The second-order valence-electron chi connectivity index (χ2n) is 5.57. The van der Waals surface area contributed by atoms with Gasteiger partial charge in [0.15, 0.2) is 0 Å². The van der Waals surface area contributed by atoms with Crippen LogP contribution in [0.2, 0.25) is 0 Å². The second kappa shape index (κ2) is 6.07. The monoisotopic (exact) mass is 275 g/mol. The van der Waals surface area contributed by atoms with Gasteiger partial charge in [-0.05, 0) is 24.8 Å². The average Bonchev–Trinajstić information content (AvgIpc) is 3.16. The van der Waals surface area contributed by atoms with E-state index >= 15 is 0 Å². The molecule has 0 unspecified atom stereocenters. The molecule has 0 heterocycles. The van der Waals surface area contributed by atoms with Crippen LogP contribution in [-0.2, 0) is 14.3 Å². The lowest BCUT2D eigenvalue weighted by molar-refractivity contribution is -0.141. The van der Waals surface area contributed by atoms with Gasteiger partial charge in [-0.25, -0.2) is 0 Å². The van der Waals surface area contributed by atoms with Crippen LogP contribution in [0.15, 0.2) is 24.3 Å². The van der Waals surface area contributed by atoms with Gasteiger partial charge in [-0.3, -0.25) is 9.59 Å². The smallest absolute Gasteiger partial charge is 0.307 e. The predicted octanol–water partition coefficient (Wildman–Crippen LogP) is 2.37. The van der Waals surface area contributed by atoms with Crippen LogP contribution in [0.25, 0.3) is 0 Å². The largest absolute Gasteiger partial charge is 0.469 e. The molecule has 0 radical (unpaired) electrons. The zero-order valence-electron chi connectivity index (χ0n) is 12.2. The summed E-state index contributed by atoms with van der Waals surface area (Å²) < 4.78 is 4.71. The zero-order chi connectivity index (χ0) is 14.7. The number of aryl methyl sites for hydroxylation is 1. The van der Waals surface area contributed by atoms with Gasteiger partial charge in [0.1, 0.15) is 0 Å². The van der Waals surface area contributed by atoms with Crippen LogP contribution in [0.3, 0.4) is 0 Å². The molecule has 2 rings (SSSR count). The fourth-order valence-corrected chi connectivity index (χ4v) is 2.27. The number of carbonyl (C=O) groups is 2. The number of nitrogens with one attached hydrogen (secondary N) is 1. The van der Waals surface area contributed by atoms with Crippen molar-refractivity contribution in [3.8, 4) is 0 Å². The van der Waals surface area contributed by atoms with E-state index in [1.54, 1.807) is 0 Å². The van der Waals surface area contributed by atoms with Gasteiger partial charge in [0, 0.05) is 5.92 Å². The Bertz CT molecular complexity index is 495. The maximum absolute atomic E-state index is 12.1. The van der Waals surface area contributed by atoms with Gasteiger partial charge in [-0.1, -0.05) is 36.8 Å². The standard InChI is InChI=1S/C16H21NO3/c1-10-4-6-12(7-5-10)14(9-15(18)20-3)17-16(19)13-8-11(13)2/h4-7,11,13-14H,8-9H2,1-3H3,(H,17,19)/t11-,13+,14+/m1/s1. The Morgan fingerprint density at radius 3 is 2.45 bits per heavy atom. The lowest BCUT2D eigenvalue weighted by Gasteiger charge is -2.18. The van der Waals surface area contributed by atoms with Crippen LogP contribution >= 0.6 is 0 Å². The number of carbonyl (C=O) groups excluding carboxylic acids is 2. The maximum atomic E-state index is 12.1.